The molecule has 0 atom stereocenters. The molecule has 0 heterocycles. The van der Waals surface area contributed by atoms with Crippen molar-refractivity contribution < 1.29 is 4.74 Å². The van der Waals surface area contributed by atoms with E-state index in [1.165, 1.54) is 18.5 Å². The summed E-state index contributed by atoms with van der Waals surface area (Å²) in [6.45, 7) is 5.01. The number of hydrogen-bond acceptors (Lipinski definition) is 3. The van der Waals surface area contributed by atoms with Gasteiger partial charge in [0.2, 0.25) is 0 Å². The molecule has 0 fully saturated rings. The second-order valence-corrected chi connectivity index (χ2v) is 4.15. The van der Waals surface area contributed by atoms with E-state index in [-0.39, 0.29) is 0 Å². The Balaban J connectivity index is 2.78. The maximum Gasteiger partial charge on any atom is 0.142 e. The number of nitrogens with zero attached hydrogens (tertiary/aromatic N) is 1. The van der Waals surface area contributed by atoms with Crippen molar-refractivity contribution in [1.82, 2.24) is 0 Å². The van der Waals surface area contributed by atoms with Gasteiger partial charge in [0.15, 0.2) is 0 Å². The fourth-order valence-electron chi connectivity index (χ4n) is 1.87. The van der Waals surface area contributed by atoms with E-state index >= 15 is 0 Å². The van der Waals surface area contributed by atoms with Crippen LogP contribution >= 0.6 is 0 Å². The molecular formula is C14H24N2O. The smallest absolute Gasteiger partial charge is 0.142 e. The molecule has 2 N–H and O–H groups in total. The first-order valence-electron chi connectivity index (χ1n) is 6.41. The van der Waals surface area contributed by atoms with E-state index in [0.29, 0.717) is 0 Å². The van der Waals surface area contributed by atoms with Gasteiger partial charge < -0.3 is 15.4 Å². The zero-order valence-corrected chi connectivity index (χ0v) is 11.0. The van der Waals surface area contributed by atoms with Crippen molar-refractivity contribution in [3.63, 3.8) is 0 Å². The van der Waals surface area contributed by atoms with Gasteiger partial charge in [-0.3, -0.25) is 0 Å². The minimum atomic E-state index is 0.734. The molecule has 0 aliphatic carbocycles. The van der Waals surface area contributed by atoms with Crippen LogP contribution in [0.4, 0.5) is 5.69 Å². The van der Waals surface area contributed by atoms with Gasteiger partial charge in [-0.25, -0.2) is 0 Å². The minimum Gasteiger partial charge on any atom is -0.495 e. The molecule has 0 bridgehead atoms. The molecule has 0 aromatic heterocycles. The monoisotopic (exact) mass is 236 g/mol. The summed E-state index contributed by atoms with van der Waals surface area (Å²) < 4.78 is 5.41. The normalized spacial score (nSPS) is 10.3. The lowest BCUT2D eigenvalue weighted by Crippen LogP contribution is -2.27. The molecule has 17 heavy (non-hydrogen) atoms. The average Bonchev–Trinajstić information content (AvgIpc) is 2.39. The van der Waals surface area contributed by atoms with E-state index in [4.69, 9.17) is 10.5 Å². The topological polar surface area (TPSA) is 38.5 Å². The first kappa shape index (κ1) is 13.8. The van der Waals surface area contributed by atoms with Crippen molar-refractivity contribution in [3.8, 4) is 5.75 Å². The fourth-order valence-corrected chi connectivity index (χ4v) is 1.87. The maximum atomic E-state index is 5.60. The highest BCUT2D eigenvalue weighted by atomic mass is 16.5. The van der Waals surface area contributed by atoms with Crippen LogP contribution in [-0.4, -0.2) is 26.7 Å². The lowest BCUT2D eigenvalue weighted by molar-refractivity contribution is 0.414. The maximum absolute atomic E-state index is 5.60. The van der Waals surface area contributed by atoms with Crippen molar-refractivity contribution in [2.24, 2.45) is 5.73 Å². The number of methoxy groups -OCH3 is 1. The fraction of sp³-hybridized carbons (Fsp3) is 0.571. The summed E-state index contributed by atoms with van der Waals surface area (Å²) in [5.41, 5.74) is 6.77. The summed E-state index contributed by atoms with van der Waals surface area (Å²) in [6, 6.07) is 8.18. The molecule has 1 aromatic rings. The number of para-hydroxylation sites is 2. The third-order valence-electron chi connectivity index (χ3n) is 2.84. The van der Waals surface area contributed by atoms with Crippen LogP contribution in [0.1, 0.15) is 26.2 Å². The molecule has 1 aromatic carbocycles. The van der Waals surface area contributed by atoms with Gasteiger partial charge in [0, 0.05) is 13.1 Å². The molecule has 3 nitrogen and oxygen atoms in total. The molecule has 0 saturated carbocycles. The SMILES string of the molecule is CCCCN(CCCN)c1ccccc1OC. The Morgan fingerprint density at radius 2 is 1.88 bits per heavy atom. The number of hydrogen-bond donors (Lipinski definition) is 1. The molecule has 3 heteroatoms. The van der Waals surface area contributed by atoms with Crippen molar-refractivity contribution in [2.45, 2.75) is 26.2 Å². The second-order valence-electron chi connectivity index (χ2n) is 4.15. The Bertz CT molecular complexity index is 307. The largest absolute Gasteiger partial charge is 0.495 e. The number of anilines is 1. The first-order valence-corrected chi connectivity index (χ1v) is 6.41. The molecule has 0 unspecified atom stereocenters. The van der Waals surface area contributed by atoms with Crippen LogP contribution in [0.3, 0.4) is 0 Å². The summed E-state index contributed by atoms with van der Waals surface area (Å²) in [5.74, 6) is 0.945. The molecule has 0 aliphatic rings. The molecule has 1 rings (SSSR count). The van der Waals surface area contributed by atoms with Crippen LogP contribution in [0.25, 0.3) is 0 Å². The Hall–Kier alpha value is -1.22. The summed E-state index contributed by atoms with van der Waals surface area (Å²) in [5, 5.41) is 0. The lowest BCUT2D eigenvalue weighted by atomic mass is 10.2. The second kappa shape index (κ2) is 7.96. The highest BCUT2D eigenvalue weighted by Gasteiger charge is 2.10. The summed E-state index contributed by atoms with van der Waals surface area (Å²) in [7, 11) is 1.72. The molecule has 0 aliphatic heterocycles. The van der Waals surface area contributed by atoms with Gasteiger partial charge >= 0.3 is 0 Å². The van der Waals surface area contributed by atoms with E-state index in [1.807, 2.05) is 12.1 Å². The van der Waals surface area contributed by atoms with Crippen molar-refractivity contribution in [3.05, 3.63) is 24.3 Å². The minimum absolute atomic E-state index is 0.734. The Labute approximate surface area is 105 Å². The molecule has 0 amide bonds. The Morgan fingerprint density at radius 3 is 2.53 bits per heavy atom. The number of unbranched alkanes of at least 4 members (excludes halogenated alkanes) is 1. The lowest BCUT2D eigenvalue weighted by Gasteiger charge is -2.26. The predicted octanol–water partition coefficient (Wildman–Crippen LogP) is 2.65. The summed E-state index contributed by atoms with van der Waals surface area (Å²) in [6.07, 6.45) is 3.42. The quantitative estimate of drug-likeness (QED) is 0.754. The molecule has 96 valence electrons. The van der Waals surface area contributed by atoms with Gasteiger partial charge in [0.25, 0.3) is 0 Å². The summed E-state index contributed by atoms with van der Waals surface area (Å²) >= 11 is 0. The van der Waals surface area contributed by atoms with Gasteiger partial charge in [0.1, 0.15) is 5.75 Å². The van der Waals surface area contributed by atoms with E-state index in [9.17, 15) is 0 Å². The molecule has 0 radical (unpaired) electrons. The van der Waals surface area contributed by atoms with Crippen LogP contribution in [0.15, 0.2) is 24.3 Å². The third kappa shape index (κ3) is 4.27. The standard InChI is InChI=1S/C14H24N2O/c1-3-4-11-16(12-7-10-15)13-8-5-6-9-14(13)17-2/h5-6,8-9H,3-4,7,10-12,15H2,1-2H3. The van der Waals surface area contributed by atoms with Crippen LogP contribution in [0.5, 0.6) is 5.75 Å². The van der Waals surface area contributed by atoms with E-state index < -0.39 is 0 Å². The van der Waals surface area contributed by atoms with E-state index in [0.717, 1.165) is 31.8 Å². The predicted molar refractivity (Wildman–Crippen MR) is 73.8 cm³/mol. The van der Waals surface area contributed by atoms with Gasteiger partial charge in [-0.1, -0.05) is 25.5 Å². The van der Waals surface area contributed by atoms with Crippen LogP contribution in [0.2, 0.25) is 0 Å². The number of rotatable bonds is 8. The highest BCUT2D eigenvalue weighted by molar-refractivity contribution is 5.58. The van der Waals surface area contributed by atoms with Crippen LogP contribution < -0.4 is 15.4 Å². The van der Waals surface area contributed by atoms with Crippen molar-refractivity contribution in [2.75, 3.05) is 31.6 Å². The zero-order valence-electron chi connectivity index (χ0n) is 11.0. The third-order valence-corrected chi connectivity index (χ3v) is 2.84. The average molecular weight is 236 g/mol. The van der Waals surface area contributed by atoms with Gasteiger partial charge in [-0.2, -0.15) is 0 Å². The Kier molecular flexibility index (Phi) is 6.48. The van der Waals surface area contributed by atoms with Crippen LogP contribution in [-0.2, 0) is 0 Å². The molecule has 0 saturated heterocycles. The van der Waals surface area contributed by atoms with E-state index in [1.54, 1.807) is 7.11 Å². The van der Waals surface area contributed by atoms with Gasteiger partial charge in [-0.15, -0.1) is 0 Å². The zero-order chi connectivity index (χ0) is 12.5. The Morgan fingerprint density at radius 1 is 1.18 bits per heavy atom. The molecular weight excluding hydrogens is 212 g/mol. The number of benzene rings is 1. The van der Waals surface area contributed by atoms with E-state index in [2.05, 4.69) is 24.0 Å². The molecule has 0 spiro atoms. The van der Waals surface area contributed by atoms with Gasteiger partial charge in [-0.05, 0) is 31.5 Å². The van der Waals surface area contributed by atoms with Crippen molar-refractivity contribution in [1.29, 1.82) is 0 Å². The first-order chi connectivity index (χ1) is 8.33. The summed E-state index contributed by atoms with van der Waals surface area (Å²) in [4.78, 5) is 2.37. The van der Waals surface area contributed by atoms with Gasteiger partial charge in [0.05, 0.1) is 12.8 Å². The number of ether oxygens (including phenoxy) is 1. The number of nitrogens with two attached hydrogens (primary N) is 1. The van der Waals surface area contributed by atoms with Crippen molar-refractivity contribution >= 4 is 5.69 Å². The highest BCUT2D eigenvalue weighted by Crippen LogP contribution is 2.27. The van der Waals surface area contributed by atoms with Crippen LogP contribution in [0, 0.1) is 0 Å².